The van der Waals surface area contributed by atoms with Crippen LogP contribution in [0, 0.1) is 17.1 Å². The second kappa shape index (κ2) is 8.48. The number of fused-ring (bicyclic) bond motifs is 1. The maximum absolute atomic E-state index is 14.4. The third-order valence-electron chi connectivity index (χ3n) is 5.48. The van der Waals surface area contributed by atoms with Crippen LogP contribution in [0.3, 0.4) is 0 Å². The topological polar surface area (TPSA) is 98.0 Å². The van der Waals surface area contributed by atoms with E-state index < -0.39 is 18.1 Å². The standard InChI is InChI=1S/C23H22F2N6O/c1-23(2,32)18-11-27-21(8-19(18)25)30-22-17-5-6-31(12-20(17)28-13-29-22)16-4-3-14(10-26)15(7-16)9-24/h3-4,7-8,11,13,32H,5-6,9,12H2,1-2H3,(H,27,28,29,30). The zero-order valence-corrected chi connectivity index (χ0v) is 17.7. The minimum Gasteiger partial charge on any atom is -0.386 e. The Morgan fingerprint density at radius 3 is 2.75 bits per heavy atom. The van der Waals surface area contributed by atoms with Gasteiger partial charge >= 0.3 is 0 Å². The fraction of sp³-hybridized carbons (Fsp3) is 0.304. The predicted octanol–water partition coefficient (Wildman–Crippen LogP) is 3.89. The number of nitrogens with zero attached hydrogens (tertiary/aromatic N) is 5. The quantitative estimate of drug-likeness (QED) is 0.626. The number of nitrogens with one attached hydrogen (secondary N) is 1. The van der Waals surface area contributed by atoms with Crippen LogP contribution in [0.5, 0.6) is 0 Å². The van der Waals surface area contributed by atoms with E-state index >= 15 is 0 Å². The smallest absolute Gasteiger partial charge is 0.138 e. The second-order valence-corrected chi connectivity index (χ2v) is 8.14. The van der Waals surface area contributed by atoms with E-state index in [1.54, 1.807) is 18.2 Å². The van der Waals surface area contributed by atoms with E-state index in [9.17, 15) is 13.9 Å². The van der Waals surface area contributed by atoms with Crippen LogP contribution in [0.2, 0.25) is 0 Å². The molecule has 1 aliphatic rings. The first-order valence-electron chi connectivity index (χ1n) is 10.1. The fourth-order valence-electron chi connectivity index (χ4n) is 3.75. The van der Waals surface area contributed by atoms with Gasteiger partial charge in [-0.3, -0.25) is 0 Å². The molecule has 0 spiro atoms. The summed E-state index contributed by atoms with van der Waals surface area (Å²) >= 11 is 0. The van der Waals surface area contributed by atoms with E-state index in [2.05, 4.69) is 25.2 Å². The largest absolute Gasteiger partial charge is 0.386 e. The monoisotopic (exact) mass is 436 g/mol. The molecule has 7 nitrogen and oxygen atoms in total. The number of aromatic nitrogens is 3. The summed E-state index contributed by atoms with van der Waals surface area (Å²) in [4.78, 5) is 15.0. The number of alkyl halides is 1. The zero-order chi connectivity index (χ0) is 22.9. The fourth-order valence-corrected chi connectivity index (χ4v) is 3.75. The first-order chi connectivity index (χ1) is 15.3. The Hall–Kier alpha value is -3.64. The van der Waals surface area contributed by atoms with Crippen molar-refractivity contribution in [3.63, 3.8) is 0 Å². The molecule has 0 bridgehead atoms. The molecule has 0 amide bonds. The number of aliphatic hydroxyl groups is 1. The summed E-state index contributed by atoms with van der Waals surface area (Å²) in [5.74, 6) is 0.258. The van der Waals surface area contributed by atoms with Gasteiger partial charge in [0.1, 0.15) is 30.5 Å². The minimum absolute atomic E-state index is 0.110. The molecule has 0 unspecified atom stereocenters. The molecule has 0 saturated heterocycles. The van der Waals surface area contributed by atoms with Crippen molar-refractivity contribution in [2.45, 2.75) is 39.1 Å². The number of hydrogen-bond donors (Lipinski definition) is 2. The molecule has 0 saturated carbocycles. The van der Waals surface area contributed by atoms with Crippen LogP contribution in [0.1, 0.15) is 41.8 Å². The molecular formula is C23H22F2N6O. The number of nitriles is 1. The van der Waals surface area contributed by atoms with Crippen molar-refractivity contribution >= 4 is 17.3 Å². The SMILES string of the molecule is CC(C)(O)c1cnc(Nc2ncnc3c2CCN(c2ccc(C#N)c(CF)c2)C3)cc1F. The van der Waals surface area contributed by atoms with Gasteiger partial charge < -0.3 is 15.3 Å². The van der Waals surface area contributed by atoms with E-state index in [0.717, 1.165) is 16.9 Å². The van der Waals surface area contributed by atoms with Crippen molar-refractivity contribution in [2.24, 2.45) is 0 Å². The van der Waals surface area contributed by atoms with Crippen LogP contribution in [-0.4, -0.2) is 26.6 Å². The first kappa shape index (κ1) is 21.6. The summed E-state index contributed by atoms with van der Waals surface area (Å²) in [5.41, 5.74) is 1.99. The number of halogens is 2. The molecule has 4 rings (SSSR count). The maximum Gasteiger partial charge on any atom is 0.138 e. The Balaban J connectivity index is 1.57. The lowest BCUT2D eigenvalue weighted by Gasteiger charge is -2.31. The molecule has 9 heteroatoms. The van der Waals surface area contributed by atoms with Gasteiger partial charge in [-0.15, -0.1) is 0 Å². The van der Waals surface area contributed by atoms with Crippen molar-refractivity contribution in [1.82, 2.24) is 15.0 Å². The molecule has 3 heterocycles. The van der Waals surface area contributed by atoms with Gasteiger partial charge in [-0.1, -0.05) is 0 Å². The van der Waals surface area contributed by atoms with E-state index in [0.29, 0.717) is 36.5 Å². The normalized spacial score (nSPS) is 13.4. The van der Waals surface area contributed by atoms with Gasteiger partial charge in [0, 0.05) is 41.2 Å². The summed E-state index contributed by atoms with van der Waals surface area (Å²) in [6.45, 7) is 3.43. The molecule has 2 aromatic heterocycles. The molecule has 3 aromatic rings. The van der Waals surface area contributed by atoms with Gasteiger partial charge in [0.25, 0.3) is 0 Å². The Bertz CT molecular complexity index is 1200. The average Bonchev–Trinajstić information content (AvgIpc) is 2.77. The third-order valence-corrected chi connectivity index (χ3v) is 5.48. The average molecular weight is 436 g/mol. The Morgan fingerprint density at radius 2 is 2.06 bits per heavy atom. The lowest BCUT2D eigenvalue weighted by molar-refractivity contribution is 0.0742. The number of pyridine rings is 1. The van der Waals surface area contributed by atoms with Crippen molar-refractivity contribution in [3.8, 4) is 6.07 Å². The minimum atomic E-state index is -1.33. The number of benzene rings is 1. The van der Waals surface area contributed by atoms with E-state index in [-0.39, 0.29) is 11.4 Å². The molecule has 1 aromatic carbocycles. The first-order valence-corrected chi connectivity index (χ1v) is 10.1. The number of hydrogen-bond acceptors (Lipinski definition) is 7. The Kier molecular flexibility index (Phi) is 5.72. The Morgan fingerprint density at radius 1 is 1.25 bits per heavy atom. The second-order valence-electron chi connectivity index (χ2n) is 8.14. The van der Waals surface area contributed by atoms with Gasteiger partial charge in [-0.25, -0.2) is 23.7 Å². The van der Waals surface area contributed by atoms with Crippen molar-refractivity contribution < 1.29 is 13.9 Å². The van der Waals surface area contributed by atoms with Crippen molar-refractivity contribution in [1.29, 1.82) is 5.26 Å². The van der Waals surface area contributed by atoms with Crippen LogP contribution in [-0.2, 0) is 25.2 Å². The molecule has 0 aliphatic carbocycles. The highest BCUT2D eigenvalue weighted by Crippen LogP contribution is 2.30. The highest BCUT2D eigenvalue weighted by atomic mass is 19.1. The molecule has 32 heavy (non-hydrogen) atoms. The summed E-state index contributed by atoms with van der Waals surface area (Å²) in [5, 5.41) is 22.2. The summed E-state index contributed by atoms with van der Waals surface area (Å²) in [6.07, 6.45) is 3.35. The summed E-state index contributed by atoms with van der Waals surface area (Å²) in [6, 6.07) is 8.36. The van der Waals surface area contributed by atoms with Crippen LogP contribution in [0.25, 0.3) is 0 Å². The van der Waals surface area contributed by atoms with Crippen LogP contribution in [0.4, 0.5) is 26.1 Å². The summed E-state index contributed by atoms with van der Waals surface area (Å²) in [7, 11) is 0. The predicted molar refractivity (Wildman–Crippen MR) is 115 cm³/mol. The van der Waals surface area contributed by atoms with E-state index in [4.69, 9.17) is 5.26 Å². The zero-order valence-electron chi connectivity index (χ0n) is 17.7. The van der Waals surface area contributed by atoms with Gasteiger partial charge in [-0.05, 0) is 38.5 Å². The Labute approximate surface area is 184 Å². The molecule has 1 aliphatic heterocycles. The molecular weight excluding hydrogens is 414 g/mol. The van der Waals surface area contributed by atoms with Crippen molar-refractivity contribution in [2.75, 3.05) is 16.8 Å². The van der Waals surface area contributed by atoms with E-state index in [1.165, 1.54) is 32.4 Å². The van der Waals surface area contributed by atoms with Gasteiger partial charge in [0.15, 0.2) is 0 Å². The molecule has 0 fully saturated rings. The lowest BCUT2D eigenvalue weighted by Crippen LogP contribution is -2.32. The highest BCUT2D eigenvalue weighted by molar-refractivity contribution is 5.60. The van der Waals surface area contributed by atoms with E-state index in [1.807, 2.05) is 6.07 Å². The molecule has 164 valence electrons. The lowest BCUT2D eigenvalue weighted by atomic mass is 10.00. The van der Waals surface area contributed by atoms with Crippen LogP contribution >= 0.6 is 0 Å². The summed E-state index contributed by atoms with van der Waals surface area (Å²) < 4.78 is 27.7. The maximum atomic E-state index is 14.4. The van der Waals surface area contributed by atoms with Gasteiger partial charge in [0.05, 0.1) is 29.5 Å². The highest BCUT2D eigenvalue weighted by Gasteiger charge is 2.24. The van der Waals surface area contributed by atoms with Crippen molar-refractivity contribution in [3.05, 3.63) is 70.6 Å². The van der Waals surface area contributed by atoms with Crippen LogP contribution in [0.15, 0.2) is 36.8 Å². The van der Waals surface area contributed by atoms with Gasteiger partial charge in [-0.2, -0.15) is 5.26 Å². The third kappa shape index (κ3) is 4.22. The number of rotatable bonds is 5. The molecule has 2 N–H and O–H groups in total. The number of anilines is 3. The molecule has 0 atom stereocenters. The van der Waals surface area contributed by atoms with Gasteiger partial charge in [0.2, 0.25) is 0 Å². The van der Waals surface area contributed by atoms with Crippen LogP contribution < -0.4 is 10.2 Å². The molecule has 0 radical (unpaired) electrons.